The van der Waals surface area contributed by atoms with Gasteiger partial charge in [0.2, 0.25) is 5.13 Å². The predicted molar refractivity (Wildman–Crippen MR) is 91.1 cm³/mol. The van der Waals surface area contributed by atoms with Gasteiger partial charge < -0.3 is 9.80 Å². The third kappa shape index (κ3) is 2.86. The summed E-state index contributed by atoms with van der Waals surface area (Å²) >= 11 is 1.58. The van der Waals surface area contributed by atoms with Gasteiger partial charge in [0, 0.05) is 37.8 Å². The fraction of sp³-hybridized carbons (Fsp3) is 0.562. The van der Waals surface area contributed by atoms with Crippen LogP contribution in [0.2, 0.25) is 0 Å². The highest BCUT2D eigenvalue weighted by Crippen LogP contribution is 2.40. The molecule has 7 nitrogen and oxygen atoms in total. The van der Waals surface area contributed by atoms with Gasteiger partial charge in [-0.15, -0.1) is 10.2 Å². The molecule has 0 saturated carbocycles. The van der Waals surface area contributed by atoms with Gasteiger partial charge in [0.25, 0.3) is 5.91 Å². The van der Waals surface area contributed by atoms with Crippen molar-refractivity contribution < 1.29 is 4.79 Å². The van der Waals surface area contributed by atoms with Crippen LogP contribution in [0.25, 0.3) is 0 Å². The van der Waals surface area contributed by atoms with Crippen molar-refractivity contribution in [1.29, 1.82) is 0 Å². The fourth-order valence-corrected chi connectivity index (χ4v) is 4.37. The van der Waals surface area contributed by atoms with E-state index in [0.717, 1.165) is 56.3 Å². The number of aryl methyl sites for hydroxylation is 1. The maximum absolute atomic E-state index is 12.7. The molecule has 1 amide bonds. The van der Waals surface area contributed by atoms with Gasteiger partial charge in [-0.25, -0.2) is 4.98 Å². The smallest absolute Gasteiger partial charge is 0.274 e. The zero-order chi connectivity index (χ0) is 16.6. The monoisotopic (exact) mass is 344 g/mol. The number of carbonyl (C=O) groups is 1. The highest BCUT2D eigenvalue weighted by molar-refractivity contribution is 7.13. The lowest BCUT2D eigenvalue weighted by atomic mass is 9.79. The van der Waals surface area contributed by atoms with Crippen molar-refractivity contribution in [2.75, 3.05) is 31.1 Å². The summed E-state index contributed by atoms with van der Waals surface area (Å²) in [5, 5.41) is 9.14. The number of likely N-dealkylation sites (tertiary alicyclic amines) is 1. The molecular formula is C16H20N6OS. The van der Waals surface area contributed by atoms with Crippen LogP contribution in [-0.2, 0) is 0 Å². The Morgan fingerprint density at radius 2 is 2.12 bits per heavy atom. The molecule has 2 aromatic heterocycles. The van der Waals surface area contributed by atoms with Crippen LogP contribution in [0, 0.1) is 12.3 Å². The number of piperidine rings is 1. The first kappa shape index (κ1) is 15.4. The average molecular weight is 344 g/mol. The summed E-state index contributed by atoms with van der Waals surface area (Å²) in [4.78, 5) is 25.4. The third-order valence-corrected chi connectivity index (χ3v) is 5.76. The number of amides is 1. The van der Waals surface area contributed by atoms with E-state index in [0.29, 0.717) is 5.69 Å². The first-order valence-electron chi connectivity index (χ1n) is 8.24. The zero-order valence-corrected chi connectivity index (χ0v) is 14.5. The predicted octanol–water partition coefficient (Wildman–Crippen LogP) is 1.77. The normalized spacial score (nSPS) is 23.9. The molecule has 1 spiro atoms. The molecule has 0 bridgehead atoms. The number of carbonyl (C=O) groups excluding carboxylic acids is 1. The van der Waals surface area contributed by atoms with Gasteiger partial charge in [-0.05, 0) is 26.2 Å². The Morgan fingerprint density at radius 1 is 1.21 bits per heavy atom. The Labute approximate surface area is 144 Å². The summed E-state index contributed by atoms with van der Waals surface area (Å²) < 4.78 is 0. The summed E-state index contributed by atoms with van der Waals surface area (Å²) in [6.45, 7) is 5.42. The van der Waals surface area contributed by atoms with Crippen LogP contribution in [0.1, 0.15) is 35.4 Å². The van der Waals surface area contributed by atoms with Gasteiger partial charge in [-0.2, -0.15) is 0 Å². The molecule has 0 radical (unpaired) electrons. The van der Waals surface area contributed by atoms with Gasteiger partial charge >= 0.3 is 0 Å². The first-order valence-corrected chi connectivity index (χ1v) is 9.12. The molecule has 126 valence electrons. The third-order valence-electron chi connectivity index (χ3n) is 5.01. The van der Waals surface area contributed by atoms with E-state index in [-0.39, 0.29) is 11.3 Å². The van der Waals surface area contributed by atoms with Crippen molar-refractivity contribution in [1.82, 2.24) is 25.1 Å². The highest BCUT2D eigenvalue weighted by atomic mass is 32.1. The summed E-state index contributed by atoms with van der Waals surface area (Å²) in [6.07, 6.45) is 6.55. The zero-order valence-electron chi connectivity index (χ0n) is 13.7. The van der Waals surface area contributed by atoms with Crippen LogP contribution in [0.3, 0.4) is 0 Å². The van der Waals surface area contributed by atoms with E-state index >= 15 is 0 Å². The van der Waals surface area contributed by atoms with E-state index in [9.17, 15) is 4.79 Å². The Balaban J connectivity index is 1.47. The molecule has 0 aliphatic carbocycles. The number of rotatable bonds is 2. The van der Waals surface area contributed by atoms with Crippen molar-refractivity contribution in [2.45, 2.75) is 26.2 Å². The first-order chi connectivity index (χ1) is 11.7. The Hall–Kier alpha value is -2.09. The molecule has 2 fully saturated rings. The van der Waals surface area contributed by atoms with E-state index in [1.807, 2.05) is 11.8 Å². The Bertz CT molecular complexity index is 719. The molecule has 2 saturated heterocycles. The molecule has 8 heteroatoms. The van der Waals surface area contributed by atoms with Gasteiger partial charge in [0.15, 0.2) is 0 Å². The van der Waals surface area contributed by atoms with Crippen molar-refractivity contribution in [3.63, 3.8) is 0 Å². The minimum absolute atomic E-state index is 0.00702. The van der Waals surface area contributed by atoms with Crippen LogP contribution in [0.5, 0.6) is 0 Å². The molecule has 2 aliphatic heterocycles. The van der Waals surface area contributed by atoms with Gasteiger partial charge in [-0.1, -0.05) is 11.3 Å². The van der Waals surface area contributed by atoms with Gasteiger partial charge in [-0.3, -0.25) is 9.78 Å². The van der Waals surface area contributed by atoms with Crippen LogP contribution < -0.4 is 4.90 Å². The second kappa shape index (κ2) is 6.08. The van der Waals surface area contributed by atoms with E-state index in [1.165, 1.54) is 0 Å². The van der Waals surface area contributed by atoms with Crippen molar-refractivity contribution in [3.8, 4) is 0 Å². The molecule has 2 aliphatic rings. The standard InChI is InChI=1S/C16H20N6OS/c1-12-7-18-13(8-17-12)14(23)21-6-4-16(9-21)3-2-5-22(10-16)15-20-19-11-24-15/h7-8,11H,2-6,9-10H2,1H3/t16-/m0/s1. The van der Waals surface area contributed by atoms with Crippen LogP contribution >= 0.6 is 11.3 Å². The number of nitrogens with zero attached hydrogens (tertiary/aromatic N) is 6. The lowest BCUT2D eigenvalue weighted by Gasteiger charge is -2.40. The van der Waals surface area contributed by atoms with E-state index < -0.39 is 0 Å². The van der Waals surface area contributed by atoms with Crippen LogP contribution in [0.15, 0.2) is 17.9 Å². The molecule has 24 heavy (non-hydrogen) atoms. The second-order valence-electron chi connectivity index (χ2n) is 6.77. The number of anilines is 1. The highest BCUT2D eigenvalue weighted by Gasteiger charge is 2.43. The average Bonchev–Trinajstić information content (AvgIpc) is 3.26. The fourth-order valence-electron chi connectivity index (χ4n) is 3.78. The number of hydrogen-bond donors (Lipinski definition) is 0. The maximum Gasteiger partial charge on any atom is 0.274 e. The lowest BCUT2D eigenvalue weighted by Crippen LogP contribution is -2.45. The Kier molecular flexibility index (Phi) is 3.91. The SMILES string of the molecule is Cc1cnc(C(=O)N2CC[C@@]3(CCCN(c4nncs4)C3)C2)cn1. The molecule has 0 unspecified atom stereocenters. The number of hydrogen-bond acceptors (Lipinski definition) is 7. The Morgan fingerprint density at radius 3 is 2.88 bits per heavy atom. The summed E-state index contributed by atoms with van der Waals surface area (Å²) in [7, 11) is 0. The second-order valence-corrected chi connectivity index (χ2v) is 7.58. The largest absolute Gasteiger partial charge is 0.346 e. The molecule has 4 rings (SSSR count). The summed E-state index contributed by atoms with van der Waals surface area (Å²) in [5.74, 6) is -0.00702. The van der Waals surface area contributed by atoms with Crippen LogP contribution in [0.4, 0.5) is 5.13 Å². The minimum atomic E-state index is -0.00702. The van der Waals surface area contributed by atoms with Gasteiger partial charge in [0.1, 0.15) is 11.2 Å². The van der Waals surface area contributed by atoms with E-state index in [2.05, 4.69) is 25.1 Å². The molecule has 1 atom stereocenters. The number of aromatic nitrogens is 4. The topological polar surface area (TPSA) is 75.1 Å². The molecule has 0 N–H and O–H groups in total. The molecular weight excluding hydrogens is 324 g/mol. The van der Waals surface area contributed by atoms with Crippen molar-refractivity contribution in [3.05, 3.63) is 29.3 Å². The molecule has 2 aromatic rings. The summed E-state index contributed by atoms with van der Waals surface area (Å²) in [5.41, 5.74) is 3.20. The summed E-state index contributed by atoms with van der Waals surface area (Å²) in [6, 6.07) is 0. The maximum atomic E-state index is 12.7. The lowest BCUT2D eigenvalue weighted by molar-refractivity contribution is 0.0761. The van der Waals surface area contributed by atoms with Crippen molar-refractivity contribution >= 4 is 22.4 Å². The van der Waals surface area contributed by atoms with Crippen LogP contribution in [-0.4, -0.2) is 57.2 Å². The van der Waals surface area contributed by atoms with E-state index in [1.54, 1.807) is 29.2 Å². The van der Waals surface area contributed by atoms with E-state index in [4.69, 9.17) is 0 Å². The quantitative estimate of drug-likeness (QED) is 0.826. The van der Waals surface area contributed by atoms with Crippen molar-refractivity contribution in [2.24, 2.45) is 5.41 Å². The molecule has 4 heterocycles. The molecule has 0 aromatic carbocycles. The van der Waals surface area contributed by atoms with Gasteiger partial charge in [0.05, 0.1) is 11.9 Å². The minimum Gasteiger partial charge on any atom is -0.346 e.